The molecule has 0 aliphatic heterocycles. The predicted octanol–water partition coefficient (Wildman–Crippen LogP) is 2.22. The van der Waals surface area contributed by atoms with E-state index in [-0.39, 0.29) is 11.3 Å². The summed E-state index contributed by atoms with van der Waals surface area (Å²) in [5, 5.41) is 22.2. The summed E-state index contributed by atoms with van der Waals surface area (Å²) < 4.78 is 1.40. The van der Waals surface area contributed by atoms with Crippen LogP contribution in [0.5, 0.6) is 0 Å². The zero-order valence-electron chi connectivity index (χ0n) is 10.9. The summed E-state index contributed by atoms with van der Waals surface area (Å²) in [6, 6.07) is 7.87. The highest BCUT2D eigenvalue weighted by atomic mass is 16.4. The Kier molecular flexibility index (Phi) is 3.84. The normalized spacial score (nSPS) is 10.4. The summed E-state index contributed by atoms with van der Waals surface area (Å²) in [5.41, 5.74) is 1.05. The Bertz CT molecular complexity index is 661. The fourth-order valence-corrected chi connectivity index (χ4v) is 2.01. The molecular formula is C14H14N2O4. The standard InChI is InChI=1S/C14H14N2O4/c1-2-5-9-8-11(14(19)20)15-16(9)12-7-4-3-6-10(12)13(17)18/h3-4,6-8H,2,5H2,1H3,(H,17,18)(H,19,20). The van der Waals surface area contributed by atoms with Gasteiger partial charge in [0.25, 0.3) is 0 Å². The average molecular weight is 274 g/mol. The van der Waals surface area contributed by atoms with Crippen LogP contribution in [0.15, 0.2) is 30.3 Å². The highest BCUT2D eigenvalue weighted by Crippen LogP contribution is 2.18. The number of benzene rings is 1. The molecule has 0 bridgehead atoms. The number of aryl methyl sites for hydroxylation is 1. The van der Waals surface area contributed by atoms with Crippen LogP contribution in [0.4, 0.5) is 0 Å². The van der Waals surface area contributed by atoms with Crippen LogP contribution in [0.25, 0.3) is 5.69 Å². The van der Waals surface area contributed by atoms with Crippen molar-refractivity contribution in [2.24, 2.45) is 0 Å². The van der Waals surface area contributed by atoms with E-state index in [0.717, 1.165) is 6.42 Å². The average Bonchev–Trinajstić information content (AvgIpc) is 2.83. The lowest BCUT2D eigenvalue weighted by atomic mass is 10.1. The highest BCUT2D eigenvalue weighted by Gasteiger charge is 2.18. The SMILES string of the molecule is CCCc1cc(C(=O)O)nn1-c1ccccc1C(=O)O. The zero-order valence-corrected chi connectivity index (χ0v) is 10.9. The van der Waals surface area contributed by atoms with Gasteiger partial charge in [0.15, 0.2) is 5.69 Å². The lowest BCUT2D eigenvalue weighted by Gasteiger charge is -2.09. The first-order valence-electron chi connectivity index (χ1n) is 6.19. The first-order chi connectivity index (χ1) is 9.54. The molecule has 0 fully saturated rings. The summed E-state index contributed by atoms with van der Waals surface area (Å²) in [7, 11) is 0. The number of carbonyl (C=O) groups is 2. The number of aromatic nitrogens is 2. The monoisotopic (exact) mass is 274 g/mol. The Morgan fingerprint density at radius 1 is 1.20 bits per heavy atom. The molecule has 104 valence electrons. The second kappa shape index (κ2) is 5.56. The third kappa shape index (κ3) is 2.54. The van der Waals surface area contributed by atoms with Crippen LogP contribution in [0.2, 0.25) is 0 Å². The van der Waals surface area contributed by atoms with Crippen LogP contribution < -0.4 is 0 Å². The van der Waals surface area contributed by atoms with Gasteiger partial charge < -0.3 is 10.2 Å². The van der Waals surface area contributed by atoms with Crippen molar-refractivity contribution in [2.75, 3.05) is 0 Å². The number of rotatable bonds is 5. The largest absolute Gasteiger partial charge is 0.478 e. The molecule has 1 heterocycles. The summed E-state index contributed by atoms with van der Waals surface area (Å²) in [6.07, 6.45) is 1.42. The summed E-state index contributed by atoms with van der Waals surface area (Å²) in [6.45, 7) is 1.96. The van der Waals surface area contributed by atoms with E-state index in [1.54, 1.807) is 18.2 Å². The van der Waals surface area contributed by atoms with Gasteiger partial charge in [0.2, 0.25) is 0 Å². The Morgan fingerprint density at radius 3 is 2.50 bits per heavy atom. The second-order valence-electron chi connectivity index (χ2n) is 4.31. The van der Waals surface area contributed by atoms with Gasteiger partial charge in [-0.1, -0.05) is 25.5 Å². The van der Waals surface area contributed by atoms with Crippen LogP contribution in [-0.2, 0) is 6.42 Å². The van der Waals surface area contributed by atoms with Gasteiger partial charge in [0.05, 0.1) is 11.3 Å². The number of aromatic carboxylic acids is 2. The van der Waals surface area contributed by atoms with Gasteiger partial charge in [-0.3, -0.25) is 0 Å². The molecule has 0 aliphatic rings. The minimum absolute atomic E-state index is 0.0879. The third-order valence-corrected chi connectivity index (χ3v) is 2.87. The molecule has 0 spiro atoms. The maximum Gasteiger partial charge on any atom is 0.356 e. The molecule has 0 unspecified atom stereocenters. The van der Waals surface area contributed by atoms with Gasteiger partial charge in [0, 0.05) is 5.69 Å². The third-order valence-electron chi connectivity index (χ3n) is 2.87. The van der Waals surface area contributed by atoms with Crippen molar-refractivity contribution in [3.05, 3.63) is 47.3 Å². The summed E-state index contributed by atoms with van der Waals surface area (Å²) in [5.74, 6) is -2.20. The van der Waals surface area contributed by atoms with Crippen molar-refractivity contribution in [1.82, 2.24) is 9.78 Å². The first-order valence-corrected chi connectivity index (χ1v) is 6.19. The van der Waals surface area contributed by atoms with Gasteiger partial charge in [-0.15, -0.1) is 0 Å². The molecule has 0 radical (unpaired) electrons. The van der Waals surface area contributed by atoms with E-state index >= 15 is 0 Å². The van der Waals surface area contributed by atoms with Gasteiger partial charge in [-0.25, -0.2) is 14.3 Å². The topological polar surface area (TPSA) is 92.4 Å². The van der Waals surface area contributed by atoms with E-state index in [0.29, 0.717) is 17.8 Å². The fourth-order valence-electron chi connectivity index (χ4n) is 2.01. The molecule has 6 nitrogen and oxygen atoms in total. The summed E-state index contributed by atoms with van der Waals surface area (Å²) in [4.78, 5) is 22.3. The van der Waals surface area contributed by atoms with Crippen molar-refractivity contribution < 1.29 is 19.8 Å². The number of hydrogen-bond acceptors (Lipinski definition) is 3. The van der Waals surface area contributed by atoms with Crippen LogP contribution in [0.3, 0.4) is 0 Å². The molecule has 0 saturated heterocycles. The molecule has 2 N–H and O–H groups in total. The van der Waals surface area contributed by atoms with Gasteiger partial charge in [-0.2, -0.15) is 5.10 Å². The maximum absolute atomic E-state index is 11.2. The quantitative estimate of drug-likeness (QED) is 0.872. The molecular weight excluding hydrogens is 260 g/mol. The molecule has 2 rings (SSSR count). The zero-order chi connectivity index (χ0) is 14.7. The molecule has 0 amide bonds. The van der Waals surface area contributed by atoms with Crippen molar-refractivity contribution in [3.8, 4) is 5.69 Å². The first kappa shape index (κ1) is 13.8. The van der Waals surface area contributed by atoms with Gasteiger partial charge >= 0.3 is 11.9 Å². The second-order valence-corrected chi connectivity index (χ2v) is 4.31. The van der Waals surface area contributed by atoms with Crippen LogP contribution in [-0.4, -0.2) is 31.9 Å². The maximum atomic E-state index is 11.2. The summed E-state index contributed by atoms with van der Waals surface area (Å²) >= 11 is 0. The van der Waals surface area contributed by atoms with Crippen LogP contribution >= 0.6 is 0 Å². The molecule has 0 aliphatic carbocycles. The van der Waals surface area contributed by atoms with E-state index in [1.807, 2.05) is 6.92 Å². The van der Waals surface area contributed by atoms with Gasteiger partial charge in [0.1, 0.15) is 0 Å². The number of carboxylic acid groups (broad SMARTS) is 2. The predicted molar refractivity (Wildman–Crippen MR) is 71.5 cm³/mol. The highest BCUT2D eigenvalue weighted by molar-refractivity contribution is 5.92. The van der Waals surface area contributed by atoms with E-state index in [2.05, 4.69) is 5.10 Å². The molecule has 1 aromatic heterocycles. The van der Waals surface area contributed by atoms with Gasteiger partial charge in [-0.05, 0) is 24.6 Å². The van der Waals surface area contributed by atoms with Crippen LogP contribution in [0.1, 0.15) is 39.9 Å². The smallest absolute Gasteiger partial charge is 0.356 e. The van der Waals surface area contributed by atoms with Crippen molar-refractivity contribution in [2.45, 2.75) is 19.8 Å². The van der Waals surface area contributed by atoms with Crippen molar-refractivity contribution >= 4 is 11.9 Å². The molecule has 1 aromatic carbocycles. The number of para-hydroxylation sites is 1. The van der Waals surface area contributed by atoms with E-state index in [9.17, 15) is 14.7 Å². The minimum atomic E-state index is -1.13. The van der Waals surface area contributed by atoms with Crippen molar-refractivity contribution in [3.63, 3.8) is 0 Å². The Labute approximate surface area is 115 Å². The van der Waals surface area contributed by atoms with Crippen LogP contribution in [0, 0.1) is 0 Å². The Hall–Kier alpha value is -2.63. The Morgan fingerprint density at radius 2 is 1.90 bits per heavy atom. The fraction of sp³-hybridized carbons (Fsp3) is 0.214. The Balaban J connectivity index is 2.62. The van der Waals surface area contributed by atoms with Crippen molar-refractivity contribution in [1.29, 1.82) is 0 Å². The lowest BCUT2D eigenvalue weighted by molar-refractivity contribution is 0.0684. The van der Waals surface area contributed by atoms with E-state index < -0.39 is 11.9 Å². The number of hydrogen-bond donors (Lipinski definition) is 2. The molecule has 0 saturated carbocycles. The molecule has 2 aromatic rings. The number of carboxylic acids is 2. The van der Waals surface area contributed by atoms with E-state index in [4.69, 9.17) is 5.11 Å². The molecule has 6 heteroatoms. The van der Waals surface area contributed by atoms with E-state index in [1.165, 1.54) is 16.8 Å². The number of nitrogens with zero attached hydrogens (tertiary/aromatic N) is 2. The minimum Gasteiger partial charge on any atom is -0.478 e. The lowest BCUT2D eigenvalue weighted by Crippen LogP contribution is -2.09. The molecule has 20 heavy (non-hydrogen) atoms. The molecule has 0 atom stereocenters.